The highest BCUT2D eigenvalue weighted by Crippen LogP contribution is 2.27. The zero-order chi connectivity index (χ0) is 13.9. The number of rotatable bonds is 2. The summed E-state index contributed by atoms with van der Waals surface area (Å²) in [4.78, 5) is 2.36. The van der Waals surface area contributed by atoms with Crippen LogP contribution in [0.2, 0.25) is 0 Å². The summed E-state index contributed by atoms with van der Waals surface area (Å²) in [5.74, 6) is 1.00. The molecule has 1 aliphatic heterocycles. The van der Waals surface area contributed by atoms with E-state index < -0.39 is 0 Å². The molecule has 1 heterocycles. The highest BCUT2D eigenvalue weighted by molar-refractivity contribution is 5.52. The summed E-state index contributed by atoms with van der Waals surface area (Å²) in [6.07, 6.45) is 0. The van der Waals surface area contributed by atoms with Crippen LogP contribution in [0.15, 0.2) is 42.5 Å². The van der Waals surface area contributed by atoms with Crippen molar-refractivity contribution in [2.45, 2.75) is 20.0 Å². The van der Waals surface area contributed by atoms with Gasteiger partial charge in [-0.05, 0) is 36.2 Å². The topological polar surface area (TPSA) is 38.5 Å². The van der Waals surface area contributed by atoms with Crippen molar-refractivity contribution in [3.8, 4) is 5.75 Å². The lowest BCUT2D eigenvalue weighted by Gasteiger charge is -2.23. The second-order valence-electron chi connectivity index (χ2n) is 5.19. The fourth-order valence-corrected chi connectivity index (χ4v) is 2.65. The Morgan fingerprint density at radius 1 is 1.20 bits per heavy atom. The van der Waals surface area contributed by atoms with Crippen molar-refractivity contribution in [1.82, 2.24) is 0 Å². The number of ether oxygens (including phenoxy) is 1. The largest absolute Gasteiger partial charge is 0.491 e. The van der Waals surface area contributed by atoms with Gasteiger partial charge in [0.15, 0.2) is 0 Å². The molecule has 0 aliphatic carbocycles. The van der Waals surface area contributed by atoms with Gasteiger partial charge in [-0.15, -0.1) is 0 Å². The maximum absolute atomic E-state index is 5.81. The fourth-order valence-electron chi connectivity index (χ4n) is 2.65. The molecule has 0 saturated carbocycles. The van der Waals surface area contributed by atoms with Crippen molar-refractivity contribution in [3.05, 3.63) is 59.2 Å². The first-order valence-corrected chi connectivity index (χ1v) is 7.03. The van der Waals surface area contributed by atoms with E-state index in [1.54, 1.807) is 0 Å². The van der Waals surface area contributed by atoms with Crippen LogP contribution < -0.4 is 15.4 Å². The van der Waals surface area contributed by atoms with E-state index in [1.807, 2.05) is 12.1 Å². The van der Waals surface area contributed by atoms with Gasteiger partial charge >= 0.3 is 0 Å². The normalized spacial score (nSPS) is 14.4. The van der Waals surface area contributed by atoms with Crippen LogP contribution in [0, 0.1) is 6.92 Å². The Morgan fingerprint density at radius 2 is 2.05 bits per heavy atom. The maximum Gasteiger partial charge on any atom is 0.124 e. The molecule has 104 valence electrons. The molecular weight excluding hydrogens is 248 g/mol. The third-order valence-electron chi connectivity index (χ3n) is 3.86. The fraction of sp³-hybridized carbons (Fsp3) is 0.294. The Morgan fingerprint density at radius 3 is 2.85 bits per heavy atom. The summed E-state index contributed by atoms with van der Waals surface area (Å²) in [5, 5.41) is 0. The number of nitrogens with two attached hydrogens (primary N) is 1. The molecule has 0 bridgehead atoms. The Bertz CT molecular complexity index is 610. The molecular formula is C17H20N2O. The predicted octanol–water partition coefficient (Wildman–Crippen LogP) is 2.85. The summed E-state index contributed by atoms with van der Waals surface area (Å²) >= 11 is 0. The highest BCUT2D eigenvalue weighted by Gasteiger charge is 2.15. The van der Waals surface area contributed by atoms with E-state index in [1.165, 1.54) is 22.4 Å². The molecule has 0 radical (unpaired) electrons. The molecule has 2 aromatic rings. The van der Waals surface area contributed by atoms with Gasteiger partial charge in [0.2, 0.25) is 0 Å². The number of hydrogen-bond donors (Lipinski definition) is 1. The van der Waals surface area contributed by atoms with Crippen LogP contribution in [0.3, 0.4) is 0 Å². The van der Waals surface area contributed by atoms with E-state index in [0.29, 0.717) is 13.2 Å². The minimum absolute atomic E-state index is 0.595. The number of fused-ring (bicyclic) bond motifs is 1. The molecule has 0 atom stereocenters. The van der Waals surface area contributed by atoms with E-state index in [4.69, 9.17) is 10.5 Å². The van der Waals surface area contributed by atoms with Crippen LogP contribution in [-0.4, -0.2) is 13.2 Å². The van der Waals surface area contributed by atoms with Crippen LogP contribution in [0.4, 0.5) is 5.69 Å². The molecule has 3 rings (SSSR count). The van der Waals surface area contributed by atoms with Gasteiger partial charge in [-0.1, -0.05) is 24.3 Å². The van der Waals surface area contributed by atoms with E-state index in [-0.39, 0.29) is 0 Å². The van der Waals surface area contributed by atoms with Crippen LogP contribution in [0.25, 0.3) is 0 Å². The van der Waals surface area contributed by atoms with Gasteiger partial charge < -0.3 is 15.4 Å². The van der Waals surface area contributed by atoms with Crippen LogP contribution in [0.5, 0.6) is 5.75 Å². The van der Waals surface area contributed by atoms with Crippen molar-refractivity contribution >= 4 is 5.69 Å². The Labute approximate surface area is 120 Å². The molecule has 20 heavy (non-hydrogen) atoms. The zero-order valence-electron chi connectivity index (χ0n) is 11.8. The van der Waals surface area contributed by atoms with E-state index in [2.05, 4.69) is 42.2 Å². The van der Waals surface area contributed by atoms with Crippen molar-refractivity contribution in [2.75, 3.05) is 18.1 Å². The maximum atomic E-state index is 5.81. The number of aryl methyl sites for hydroxylation is 1. The number of benzene rings is 2. The third kappa shape index (κ3) is 2.49. The number of hydrogen-bond acceptors (Lipinski definition) is 3. The average molecular weight is 268 g/mol. The molecule has 0 aromatic heterocycles. The standard InChI is InChI=1S/C17H20N2O/c1-13-10-16(7-6-14(13)11-18)19-8-9-20-17-5-3-2-4-15(17)12-19/h2-7,10H,8-9,11-12,18H2,1H3. The van der Waals surface area contributed by atoms with Gasteiger partial charge in [0.1, 0.15) is 12.4 Å². The summed E-state index contributed by atoms with van der Waals surface area (Å²) in [7, 11) is 0. The smallest absolute Gasteiger partial charge is 0.124 e. The molecule has 2 N–H and O–H groups in total. The van der Waals surface area contributed by atoms with Crippen molar-refractivity contribution in [3.63, 3.8) is 0 Å². The van der Waals surface area contributed by atoms with Gasteiger partial charge in [0.05, 0.1) is 6.54 Å². The monoisotopic (exact) mass is 268 g/mol. The second-order valence-corrected chi connectivity index (χ2v) is 5.19. The van der Waals surface area contributed by atoms with E-state index in [0.717, 1.165) is 18.8 Å². The van der Waals surface area contributed by atoms with Crippen molar-refractivity contribution in [1.29, 1.82) is 0 Å². The Hall–Kier alpha value is -2.00. The second kappa shape index (κ2) is 5.55. The van der Waals surface area contributed by atoms with Gasteiger partial charge in [0, 0.05) is 24.3 Å². The summed E-state index contributed by atoms with van der Waals surface area (Å²) < 4.78 is 5.81. The SMILES string of the molecule is Cc1cc(N2CCOc3ccccc3C2)ccc1CN. The van der Waals surface area contributed by atoms with Crippen LogP contribution in [-0.2, 0) is 13.1 Å². The average Bonchev–Trinajstić information content (AvgIpc) is 2.69. The number of nitrogens with zero attached hydrogens (tertiary/aromatic N) is 1. The predicted molar refractivity (Wildman–Crippen MR) is 82.1 cm³/mol. The Balaban J connectivity index is 1.89. The molecule has 3 nitrogen and oxygen atoms in total. The molecule has 0 amide bonds. The van der Waals surface area contributed by atoms with Gasteiger partial charge in [-0.25, -0.2) is 0 Å². The Kier molecular flexibility index (Phi) is 3.61. The van der Waals surface area contributed by atoms with E-state index in [9.17, 15) is 0 Å². The lowest BCUT2D eigenvalue weighted by Crippen LogP contribution is -2.25. The molecule has 2 aromatic carbocycles. The van der Waals surface area contributed by atoms with Crippen molar-refractivity contribution in [2.24, 2.45) is 5.73 Å². The minimum Gasteiger partial charge on any atom is -0.491 e. The van der Waals surface area contributed by atoms with Crippen molar-refractivity contribution < 1.29 is 4.74 Å². The third-order valence-corrected chi connectivity index (χ3v) is 3.86. The summed E-state index contributed by atoms with van der Waals surface area (Å²) in [5.41, 5.74) is 10.7. The summed E-state index contributed by atoms with van der Waals surface area (Å²) in [6.45, 7) is 5.22. The first-order chi connectivity index (χ1) is 9.78. The van der Waals surface area contributed by atoms with Gasteiger partial charge in [-0.2, -0.15) is 0 Å². The van der Waals surface area contributed by atoms with Gasteiger partial charge in [-0.3, -0.25) is 0 Å². The molecule has 0 saturated heterocycles. The first-order valence-electron chi connectivity index (χ1n) is 7.03. The molecule has 1 aliphatic rings. The molecule has 0 fully saturated rings. The molecule has 0 spiro atoms. The first kappa shape index (κ1) is 13.0. The molecule has 3 heteroatoms. The summed E-state index contributed by atoms with van der Waals surface area (Å²) in [6, 6.07) is 14.8. The quantitative estimate of drug-likeness (QED) is 0.910. The number of para-hydroxylation sites is 1. The van der Waals surface area contributed by atoms with Crippen LogP contribution >= 0.6 is 0 Å². The lowest BCUT2D eigenvalue weighted by atomic mass is 10.1. The van der Waals surface area contributed by atoms with Crippen LogP contribution in [0.1, 0.15) is 16.7 Å². The van der Waals surface area contributed by atoms with Gasteiger partial charge in [0.25, 0.3) is 0 Å². The minimum atomic E-state index is 0.595. The lowest BCUT2D eigenvalue weighted by molar-refractivity contribution is 0.331. The highest BCUT2D eigenvalue weighted by atomic mass is 16.5. The molecule has 0 unspecified atom stereocenters. The number of anilines is 1. The van der Waals surface area contributed by atoms with E-state index >= 15 is 0 Å². The zero-order valence-corrected chi connectivity index (χ0v) is 11.8.